The Morgan fingerprint density at radius 2 is 2.36 bits per heavy atom. The van der Waals surface area contributed by atoms with Gasteiger partial charge in [-0.1, -0.05) is 23.8 Å². The minimum Gasteiger partial charge on any atom is -0.393 e. The molecule has 0 bridgehead atoms. The van der Waals surface area contributed by atoms with Gasteiger partial charge in [0, 0.05) is 0 Å². The molecule has 1 nitrogen and oxygen atoms in total. The molecule has 0 spiro atoms. The highest BCUT2D eigenvalue weighted by molar-refractivity contribution is 5.14. The molecule has 1 aliphatic rings. The van der Waals surface area contributed by atoms with E-state index in [1.165, 1.54) is 12.0 Å². The van der Waals surface area contributed by atoms with Crippen molar-refractivity contribution in [3.05, 3.63) is 23.8 Å². The molecule has 62 valence electrons. The Morgan fingerprint density at radius 1 is 1.55 bits per heavy atom. The van der Waals surface area contributed by atoms with Crippen LogP contribution in [0.1, 0.15) is 32.6 Å². The number of hydrogen-bond donors (Lipinski definition) is 1. The lowest BCUT2D eigenvalue weighted by Gasteiger charge is -2.18. The molecule has 1 N–H and O–H groups in total. The summed E-state index contributed by atoms with van der Waals surface area (Å²) in [4.78, 5) is 0. The van der Waals surface area contributed by atoms with Crippen molar-refractivity contribution in [2.75, 3.05) is 0 Å². The molecule has 0 heterocycles. The van der Waals surface area contributed by atoms with Gasteiger partial charge in [0.15, 0.2) is 0 Å². The second-order valence-corrected chi connectivity index (χ2v) is 3.10. The number of allylic oxidation sites excluding steroid dienone is 3. The summed E-state index contributed by atoms with van der Waals surface area (Å²) < 4.78 is 0. The molecule has 0 aromatic carbocycles. The van der Waals surface area contributed by atoms with Crippen molar-refractivity contribution in [3.8, 4) is 0 Å². The molecule has 0 amide bonds. The predicted molar refractivity (Wildman–Crippen MR) is 47.4 cm³/mol. The van der Waals surface area contributed by atoms with Gasteiger partial charge in [0.25, 0.3) is 0 Å². The van der Waals surface area contributed by atoms with Crippen molar-refractivity contribution >= 4 is 0 Å². The summed E-state index contributed by atoms with van der Waals surface area (Å²) in [6, 6.07) is 0. The van der Waals surface area contributed by atoms with Crippen LogP contribution in [-0.4, -0.2) is 11.2 Å². The van der Waals surface area contributed by atoms with Gasteiger partial charge >= 0.3 is 0 Å². The average Bonchev–Trinajstić information content (AvgIpc) is 2.01. The van der Waals surface area contributed by atoms with Gasteiger partial charge in [-0.2, -0.15) is 0 Å². The summed E-state index contributed by atoms with van der Waals surface area (Å²) in [5.41, 5.74) is 1.39. The third kappa shape index (κ3) is 2.89. The number of rotatable bonds is 1. The number of hydrogen-bond acceptors (Lipinski definition) is 1. The van der Waals surface area contributed by atoms with Crippen LogP contribution in [0, 0.1) is 0 Å². The molecule has 0 aromatic heterocycles. The molecule has 0 aliphatic heterocycles. The van der Waals surface area contributed by atoms with Crippen LogP contribution < -0.4 is 0 Å². The van der Waals surface area contributed by atoms with E-state index in [2.05, 4.69) is 6.08 Å². The standard InChI is InChI=1S/C10H16O/c1-2-3-5-9-6-4-7-10(11)8-9/h2-3,5,10-11H,4,6-8H2,1H3/b3-2+,9-5-. The third-order valence-electron chi connectivity index (χ3n) is 2.06. The highest BCUT2D eigenvalue weighted by atomic mass is 16.3. The van der Waals surface area contributed by atoms with E-state index in [4.69, 9.17) is 0 Å². The van der Waals surface area contributed by atoms with E-state index >= 15 is 0 Å². The summed E-state index contributed by atoms with van der Waals surface area (Å²) in [5, 5.41) is 9.31. The number of aliphatic hydroxyl groups excluding tert-OH is 1. The Balaban J connectivity index is 2.45. The van der Waals surface area contributed by atoms with E-state index < -0.39 is 0 Å². The van der Waals surface area contributed by atoms with E-state index in [9.17, 15) is 5.11 Å². The van der Waals surface area contributed by atoms with Crippen LogP contribution >= 0.6 is 0 Å². The van der Waals surface area contributed by atoms with Crippen LogP contribution in [0.25, 0.3) is 0 Å². The zero-order valence-corrected chi connectivity index (χ0v) is 7.09. The Labute approximate surface area is 68.4 Å². The zero-order valence-electron chi connectivity index (χ0n) is 7.09. The highest BCUT2D eigenvalue weighted by Crippen LogP contribution is 2.23. The lowest BCUT2D eigenvalue weighted by Crippen LogP contribution is -2.12. The van der Waals surface area contributed by atoms with E-state index in [0.29, 0.717) is 0 Å². The van der Waals surface area contributed by atoms with Crippen LogP contribution in [-0.2, 0) is 0 Å². The normalized spacial score (nSPS) is 30.0. The molecule has 1 atom stereocenters. The second kappa shape index (κ2) is 4.35. The molecule has 0 radical (unpaired) electrons. The second-order valence-electron chi connectivity index (χ2n) is 3.10. The van der Waals surface area contributed by atoms with E-state index in [0.717, 1.165) is 19.3 Å². The van der Waals surface area contributed by atoms with Gasteiger partial charge in [-0.05, 0) is 32.6 Å². The molecule has 11 heavy (non-hydrogen) atoms. The van der Waals surface area contributed by atoms with E-state index in [1.54, 1.807) is 0 Å². The van der Waals surface area contributed by atoms with Crippen LogP contribution in [0.5, 0.6) is 0 Å². The molecule has 1 fully saturated rings. The van der Waals surface area contributed by atoms with Gasteiger partial charge in [0.2, 0.25) is 0 Å². The SMILES string of the molecule is C/C=C/C=C1/CCCC(O)C1. The lowest BCUT2D eigenvalue weighted by atomic mass is 9.92. The first-order valence-corrected chi connectivity index (χ1v) is 4.31. The molecule has 1 saturated carbocycles. The maximum atomic E-state index is 9.31. The first-order valence-electron chi connectivity index (χ1n) is 4.31. The minimum atomic E-state index is -0.0831. The lowest BCUT2D eigenvalue weighted by molar-refractivity contribution is 0.149. The van der Waals surface area contributed by atoms with E-state index in [-0.39, 0.29) is 6.10 Å². The van der Waals surface area contributed by atoms with Crippen molar-refractivity contribution in [2.24, 2.45) is 0 Å². The van der Waals surface area contributed by atoms with Crippen molar-refractivity contribution in [1.82, 2.24) is 0 Å². The van der Waals surface area contributed by atoms with Gasteiger partial charge in [-0.25, -0.2) is 0 Å². The largest absolute Gasteiger partial charge is 0.393 e. The van der Waals surface area contributed by atoms with Crippen LogP contribution in [0.3, 0.4) is 0 Å². The summed E-state index contributed by atoms with van der Waals surface area (Å²) in [7, 11) is 0. The van der Waals surface area contributed by atoms with Gasteiger partial charge in [-0.15, -0.1) is 0 Å². The molecular formula is C10H16O. The monoisotopic (exact) mass is 152 g/mol. The van der Waals surface area contributed by atoms with Gasteiger partial charge in [0.1, 0.15) is 0 Å². The molecule has 1 rings (SSSR count). The van der Waals surface area contributed by atoms with Crippen molar-refractivity contribution in [3.63, 3.8) is 0 Å². The summed E-state index contributed by atoms with van der Waals surface area (Å²) >= 11 is 0. The van der Waals surface area contributed by atoms with Gasteiger partial charge in [0.05, 0.1) is 6.10 Å². The van der Waals surface area contributed by atoms with E-state index in [1.807, 2.05) is 19.1 Å². The molecule has 1 unspecified atom stereocenters. The third-order valence-corrected chi connectivity index (χ3v) is 2.06. The van der Waals surface area contributed by atoms with Gasteiger partial charge < -0.3 is 5.11 Å². The Kier molecular flexibility index (Phi) is 3.37. The molecule has 1 heteroatoms. The Bertz CT molecular complexity index is 168. The first kappa shape index (κ1) is 8.54. The van der Waals surface area contributed by atoms with Crippen LogP contribution in [0.4, 0.5) is 0 Å². The topological polar surface area (TPSA) is 20.2 Å². The zero-order chi connectivity index (χ0) is 8.10. The summed E-state index contributed by atoms with van der Waals surface area (Å²) in [5.74, 6) is 0. The van der Waals surface area contributed by atoms with Crippen molar-refractivity contribution < 1.29 is 5.11 Å². The number of aliphatic hydroxyl groups is 1. The molecule has 1 aliphatic carbocycles. The fourth-order valence-corrected chi connectivity index (χ4v) is 1.46. The first-order chi connectivity index (χ1) is 5.33. The summed E-state index contributed by atoms with van der Waals surface area (Å²) in [6.45, 7) is 2.01. The van der Waals surface area contributed by atoms with Crippen molar-refractivity contribution in [1.29, 1.82) is 0 Å². The maximum absolute atomic E-state index is 9.31. The predicted octanol–water partition coefficient (Wildman–Crippen LogP) is 2.42. The molecule has 0 saturated heterocycles. The van der Waals surface area contributed by atoms with Crippen molar-refractivity contribution in [2.45, 2.75) is 38.7 Å². The smallest absolute Gasteiger partial charge is 0.0577 e. The quantitative estimate of drug-likeness (QED) is 0.611. The highest BCUT2D eigenvalue weighted by Gasteiger charge is 2.12. The Hall–Kier alpha value is -0.560. The molecule has 0 aromatic rings. The average molecular weight is 152 g/mol. The minimum absolute atomic E-state index is 0.0831. The molecular weight excluding hydrogens is 136 g/mol. The van der Waals surface area contributed by atoms with Crippen LogP contribution in [0.15, 0.2) is 23.8 Å². The van der Waals surface area contributed by atoms with Gasteiger partial charge in [-0.3, -0.25) is 0 Å². The van der Waals surface area contributed by atoms with Crippen LogP contribution in [0.2, 0.25) is 0 Å². The fourth-order valence-electron chi connectivity index (χ4n) is 1.46. The fraction of sp³-hybridized carbons (Fsp3) is 0.600. The maximum Gasteiger partial charge on any atom is 0.0577 e. The Morgan fingerprint density at radius 3 is 3.00 bits per heavy atom. The summed E-state index contributed by atoms with van der Waals surface area (Å²) in [6.07, 6.45) is 10.3.